The fourth-order valence-electron chi connectivity index (χ4n) is 1.10. The molecule has 0 radical (unpaired) electrons. The van der Waals surface area contributed by atoms with Crippen LogP contribution in [0.15, 0.2) is 12.5 Å². The predicted octanol–water partition coefficient (Wildman–Crippen LogP) is 1.20. The third-order valence-corrected chi connectivity index (χ3v) is 1.67. The lowest BCUT2D eigenvalue weighted by atomic mass is 10.2. The van der Waals surface area contributed by atoms with Crippen LogP contribution >= 0.6 is 0 Å². The van der Waals surface area contributed by atoms with E-state index >= 15 is 0 Å². The number of carbonyl (C=O) groups excluding carboxylic acids is 1. The normalized spacial score (nSPS) is 11.5. The Morgan fingerprint density at radius 1 is 1.60 bits per heavy atom. The summed E-state index contributed by atoms with van der Waals surface area (Å²) in [6.07, 6.45) is 2.85. The Hall–Kier alpha value is -1.36. The number of nitrogens with zero attached hydrogens (tertiary/aromatic N) is 2. The van der Waals surface area contributed by atoms with Crippen molar-refractivity contribution >= 4 is 6.09 Å². The molecule has 1 aromatic rings. The van der Waals surface area contributed by atoms with Crippen molar-refractivity contribution in [2.24, 2.45) is 0 Å². The quantitative estimate of drug-likeness (QED) is 0.800. The van der Waals surface area contributed by atoms with Crippen molar-refractivity contribution < 1.29 is 14.6 Å². The highest BCUT2D eigenvalue weighted by Gasteiger charge is 2.19. The first kappa shape index (κ1) is 11.7. The van der Waals surface area contributed by atoms with E-state index in [-0.39, 0.29) is 6.61 Å². The first-order chi connectivity index (χ1) is 6.94. The van der Waals surface area contributed by atoms with Gasteiger partial charge >= 0.3 is 6.09 Å². The standard InChI is InChI=1S/C10H16N2O3/c1-10(2,3)15-9(14)12-7-11-6-8(12)4-5-13/h6-7,13H,4-5H2,1-3H3. The van der Waals surface area contributed by atoms with Gasteiger partial charge in [-0.05, 0) is 20.8 Å². The first-order valence-corrected chi connectivity index (χ1v) is 4.79. The Labute approximate surface area is 88.7 Å². The summed E-state index contributed by atoms with van der Waals surface area (Å²) in [5.41, 5.74) is 0.115. The highest BCUT2D eigenvalue weighted by Crippen LogP contribution is 2.10. The number of imidazole rings is 1. The van der Waals surface area contributed by atoms with Gasteiger partial charge in [0.25, 0.3) is 0 Å². The molecule has 1 aromatic heterocycles. The van der Waals surface area contributed by atoms with Crippen LogP contribution < -0.4 is 0 Å². The zero-order chi connectivity index (χ0) is 11.5. The molecule has 0 saturated heterocycles. The summed E-state index contributed by atoms with van der Waals surface area (Å²) in [6.45, 7) is 5.38. The highest BCUT2D eigenvalue weighted by molar-refractivity contribution is 5.71. The van der Waals surface area contributed by atoms with Crippen molar-refractivity contribution in [3.63, 3.8) is 0 Å². The van der Waals surface area contributed by atoms with Crippen LogP contribution in [-0.4, -0.2) is 33.0 Å². The number of aliphatic hydroxyl groups is 1. The van der Waals surface area contributed by atoms with E-state index in [9.17, 15) is 4.79 Å². The molecule has 1 rings (SSSR count). The molecule has 0 amide bonds. The predicted molar refractivity (Wildman–Crippen MR) is 54.6 cm³/mol. The molecule has 0 atom stereocenters. The van der Waals surface area contributed by atoms with Gasteiger partial charge in [-0.15, -0.1) is 0 Å². The largest absolute Gasteiger partial charge is 0.443 e. The van der Waals surface area contributed by atoms with E-state index in [1.807, 2.05) is 0 Å². The van der Waals surface area contributed by atoms with Crippen molar-refractivity contribution in [1.82, 2.24) is 9.55 Å². The van der Waals surface area contributed by atoms with Crippen LogP contribution in [0.3, 0.4) is 0 Å². The van der Waals surface area contributed by atoms with Crippen LogP contribution in [0, 0.1) is 0 Å². The maximum atomic E-state index is 11.6. The van der Waals surface area contributed by atoms with E-state index in [4.69, 9.17) is 9.84 Å². The molecule has 1 N–H and O–H groups in total. The van der Waals surface area contributed by atoms with Crippen molar-refractivity contribution in [3.8, 4) is 0 Å². The summed E-state index contributed by atoms with van der Waals surface area (Å²) >= 11 is 0. The molecule has 0 aliphatic heterocycles. The van der Waals surface area contributed by atoms with Gasteiger partial charge in [0.15, 0.2) is 0 Å². The molecule has 0 spiro atoms. The topological polar surface area (TPSA) is 64.4 Å². The van der Waals surface area contributed by atoms with Crippen molar-refractivity contribution in [2.45, 2.75) is 32.8 Å². The van der Waals surface area contributed by atoms with E-state index in [1.165, 1.54) is 10.9 Å². The number of ether oxygens (including phenoxy) is 1. The molecule has 1 heterocycles. The third kappa shape index (κ3) is 3.36. The number of hydrogen-bond acceptors (Lipinski definition) is 4. The Kier molecular flexibility index (Phi) is 3.47. The summed E-state index contributed by atoms with van der Waals surface area (Å²) in [7, 11) is 0. The minimum atomic E-state index is -0.530. The van der Waals surface area contributed by atoms with Gasteiger partial charge in [-0.1, -0.05) is 0 Å². The molecular weight excluding hydrogens is 196 g/mol. The van der Waals surface area contributed by atoms with Crippen LogP contribution in [0.1, 0.15) is 26.5 Å². The summed E-state index contributed by atoms with van der Waals surface area (Å²) in [6, 6.07) is 0. The molecular formula is C10H16N2O3. The van der Waals surface area contributed by atoms with Crippen LogP contribution in [0.4, 0.5) is 4.79 Å². The lowest BCUT2D eigenvalue weighted by Gasteiger charge is -2.19. The Balaban J connectivity index is 2.77. The molecule has 0 fully saturated rings. The molecule has 15 heavy (non-hydrogen) atoms. The minimum absolute atomic E-state index is 0.0194. The van der Waals surface area contributed by atoms with Crippen molar-refractivity contribution in [2.75, 3.05) is 6.61 Å². The fourth-order valence-corrected chi connectivity index (χ4v) is 1.10. The van der Waals surface area contributed by atoms with Crippen LogP contribution in [-0.2, 0) is 11.2 Å². The number of carbonyl (C=O) groups is 1. The SMILES string of the molecule is CC(C)(C)OC(=O)n1cncc1CCO. The minimum Gasteiger partial charge on any atom is -0.443 e. The molecule has 0 aromatic carbocycles. The smallest absolute Gasteiger partial charge is 0.420 e. The second kappa shape index (κ2) is 4.44. The first-order valence-electron chi connectivity index (χ1n) is 4.79. The van der Waals surface area contributed by atoms with E-state index in [0.717, 1.165) is 0 Å². The van der Waals surface area contributed by atoms with Gasteiger partial charge in [0.05, 0.1) is 5.69 Å². The molecule has 0 bridgehead atoms. The van der Waals surface area contributed by atoms with E-state index in [0.29, 0.717) is 12.1 Å². The summed E-state index contributed by atoms with van der Waals surface area (Å²) in [5.74, 6) is 0. The summed E-state index contributed by atoms with van der Waals surface area (Å²) in [5, 5.41) is 8.78. The van der Waals surface area contributed by atoms with Gasteiger partial charge in [0, 0.05) is 19.2 Å². The molecule has 84 valence electrons. The molecule has 5 nitrogen and oxygen atoms in total. The Morgan fingerprint density at radius 3 is 2.80 bits per heavy atom. The van der Waals surface area contributed by atoms with Gasteiger partial charge in [-0.2, -0.15) is 0 Å². The van der Waals surface area contributed by atoms with Crippen LogP contribution in [0.5, 0.6) is 0 Å². The van der Waals surface area contributed by atoms with E-state index < -0.39 is 11.7 Å². The maximum Gasteiger partial charge on any atom is 0.420 e. The molecule has 5 heteroatoms. The second-order valence-corrected chi connectivity index (χ2v) is 4.21. The maximum absolute atomic E-state index is 11.6. The van der Waals surface area contributed by atoms with Gasteiger partial charge in [0.2, 0.25) is 0 Å². The zero-order valence-electron chi connectivity index (χ0n) is 9.23. The lowest BCUT2D eigenvalue weighted by molar-refractivity contribution is 0.0531. The molecule has 0 saturated carbocycles. The molecule has 0 unspecified atom stereocenters. The Morgan fingerprint density at radius 2 is 2.27 bits per heavy atom. The number of aliphatic hydroxyl groups excluding tert-OH is 1. The van der Waals surface area contributed by atoms with Crippen LogP contribution in [0.2, 0.25) is 0 Å². The summed E-state index contributed by atoms with van der Waals surface area (Å²) < 4.78 is 6.48. The van der Waals surface area contributed by atoms with Gasteiger partial charge in [0.1, 0.15) is 11.9 Å². The third-order valence-electron chi connectivity index (χ3n) is 1.67. The second-order valence-electron chi connectivity index (χ2n) is 4.21. The molecule has 0 aliphatic rings. The van der Waals surface area contributed by atoms with E-state index in [1.54, 1.807) is 27.0 Å². The fraction of sp³-hybridized carbons (Fsp3) is 0.600. The van der Waals surface area contributed by atoms with Crippen molar-refractivity contribution in [3.05, 3.63) is 18.2 Å². The van der Waals surface area contributed by atoms with E-state index in [2.05, 4.69) is 4.98 Å². The van der Waals surface area contributed by atoms with Gasteiger partial charge in [-0.3, -0.25) is 0 Å². The van der Waals surface area contributed by atoms with Crippen molar-refractivity contribution in [1.29, 1.82) is 0 Å². The number of rotatable bonds is 2. The monoisotopic (exact) mass is 212 g/mol. The average molecular weight is 212 g/mol. The molecule has 0 aliphatic carbocycles. The summed E-state index contributed by atoms with van der Waals surface area (Å²) in [4.78, 5) is 15.5. The Bertz CT molecular complexity index is 339. The zero-order valence-corrected chi connectivity index (χ0v) is 9.23. The highest BCUT2D eigenvalue weighted by atomic mass is 16.6. The average Bonchev–Trinajstić information content (AvgIpc) is 2.49. The van der Waals surface area contributed by atoms with Crippen LogP contribution in [0.25, 0.3) is 0 Å². The number of hydrogen-bond donors (Lipinski definition) is 1. The number of aromatic nitrogens is 2. The van der Waals surface area contributed by atoms with Gasteiger partial charge < -0.3 is 9.84 Å². The van der Waals surface area contributed by atoms with Gasteiger partial charge in [-0.25, -0.2) is 14.3 Å². The lowest BCUT2D eigenvalue weighted by Crippen LogP contribution is -2.27.